The number of benzene rings is 1. The highest BCUT2D eigenvalue weighted by Crippen LogP contribution is 2.16. The van der Waals surface area contributed by atoms with Gasteiger partial charge in [-0.25, -0.2) is 9.37 Å². The maximum absolute atomic E-state index is 13.2. The molecule has 0 amide bonds. The molecule has 0 atom stereocenters. The highest BCUT2D eigenvalue weighted by Gasteiger charge is 2.04. The Kier molecular flexibility index (Phi) is 3.72. The number of nitrogens with zero attached hydrogens (tertiary/aromatic N) is 1. The van der Waals surface area contributed by atoms with Crippen LogP contribution in [-0.4, -0.2) is 16.5 Å². The van der Waals surface area contributed by atoms with Crippen molar-refractivity contribution in [1.29, 1.82) is 0 Å². The Morgan fingerprint density at radius 1 is 1.35 bits per heavy atom. The summed E-state index contributed by atoms with van der Waals surface area (Å²) in [6.07, 6.45) is 2.46. The van der Waals surface area contributed by atoms with Gasteiger partial charge in [-0.15, -0.1) is 0 Å². The van der Waals surface area contributed by atoms with E-state index in [4.69, 9.17) is 10.5 Å². The molecule has 1 heterocycles. The molecule has 0 unspecified atom stereocenters. The summed E-state index contributed by atoms with van der Waals surface area (Å²) in [6, 6.07) is 6.28. The van der Waals surface area contributed by atoms with Crippen molar-refractivity contribution >= 4 is 0 Å². The summed E-state index contributed by atoms with van der Waals surface area (Å²) in [7, 11) is 0. The molecular formula is C12H14FN3O. The van der Waals surface area contributed by atoms with Crippen LogP contribution in [0, 0.1) is 5.82 Å². The smallest absolute Gasteiger partial charge is 0.165 e. The predicted molar refractivity (Wildman–Crippen MR) is 62.1 cm³/mol. The van der Waals surface area contributed by atoms with Gasteiger partial charge in [-0.2, -0.15) is 0 Å². The fourth-order valence-electron chi connectivity index (χ4n) is 1.47. The first-order valence-corrected chi connectivity index (χ1v) is 5.39. The van der Waals surface area contributed by atoms with Crippen molar-refractivity contribution in [2.45, 2.75) is 13.0 Å². The second-order valence-electron chi connectivity index (χ2n) is 3.61. The number of ether oxygens (including phenoxy) is 1. The van der Waals surface area contributed by atoms with Crippen molar-refractivity contribution in [2.75, 3.05) is 6.54 Å². The molecule has 0 aliphatic carbocycles. The predicted octanol–water partition coefficient (Wildman–Crippen LogP) is 1.63. The molecule has 0 saturated heterocycles. The van der Waals surface area contributed by atoms with Gasteiger partial charge in [0.2, 0.25) is 0 Å². The SMILES string of the molecule is NCCc1cnc(COc2ccccc2F)[nH]1. The number of imidazole rings is 1. The summed E-state index contributed by atoms with van der Waals surface area (Å²) in [5.41, 5.74) is 6.38. The molecule has 5 heteroatoms. The minimum Gasteiger partial charge on any atom is -0.483 e. The van der Waals surface area contributed by atoms with E-state index < -0.39 is 0 Å². The first kappa shape index (κ1) is 11.6. The second kappa shape index (κ2) is 5.45. The molecular weight excluding hydrogens is 221 g/mol. The maximum Gasteiger partial charge on any atom is 0.165 e. The van der Waals surface area contributed by atoms with Gasteiger partial charge in [0, 0.05) is 18.3 Å². The zero-order valence-corrected chi connectivity index (χ0v) is 9.32. The van der Waals surface area contributed by atoms with E-state index >= 15 is 0 Å². The lowest BCUT2D eigenvalue weighted by Gasteiger charge is -2.04. The van der Waals surface area contributed by atoms with Crippen LogP contribution in [0.5, 0.6) is 5.75 Å². The number of hydrogen-bond acceptors (Lipinski definition) is 3. The molecule has 0 aliphatic rings. The zero-order chi connectivity index (χ0) is 12.1. The fourth-order valence-corrected chi connectivity index (χ4v) is 1.47. The molecule has 0 spiro atoms. The quantitative estimate of drug-likeness (QED) is 0.827. The Morgan fingerprint density at radius 2 is 2.18 bits per heavy atom. The number of para-hydroxylation sites is 1. The molecule has 90 valence electrons. The third kappa shape index (κ3) is 3.04. The summed E-state index contributed by atoms with van der Waals surface area (Å²) in [4.78, 5) is 7.19. The van der Waals surface area contributed by atoms with Crippen LogP contribution < -0.4 is 10.5 Å². The van der Waals surface area contributed by atoms with Gasteiger partial charge in [-0.1, -0.05) is 12.1 Å². The lowest BCUT2D eigenvalue weighted by atomic mass is 10.3. The van der Waals surface area contributed by atoms with E-state index in [1.807, 2.05) is 0 Å². The Morgan fingerprint density at radius 3 is 2.94 bits per heavy atom. The molecule has 3 N–H and O–H groups in total. The van der Waals surface area contributed by atoms with Gasteiger partial charge in [0.1, 0.15) is 12.4 Å². The van der Waals surface area contributed by atoms with E-state index in [1.54, 1.807) is 24.4 Å². The largest absolute Gasteiger partial charge is 0.483 e. The summed E-state index contributed by atoms with van der Waals surface area (Å²) in [5.74, 6) is 0.516. The van der Waals surface area contributed by atoms with Crippen LogP contribution in [0.4, 0.5) is 4.39 Å². The summed E-state index contributed by atoms with van der Waals surface area (Å²) in [5, 5.41) is 0. The summed E-state index contributed by atoms with van der Waals surface area (Å²) >= 11 is 0. The third-order valence-electron chi connectivity index (χ3n) is 2.30. The Bertz CT molecular complexity index is 484. The average molecular weight is 235 g/mol. The minimum atomic E-state index is -0.374. The standard InChI is InChI=1S/C12H14FN3O/c13-10-3-1-2-4-11(10)17-8-12-15-7-9(16-12)5-6-14/h1-4,7H,5-6,8,14H2,(H,15,16). The van der Waals surface area contributed by atoms with Gasteiger partial charge >= 0.3 is 0 Å². The fraction of sp³-hybridized carbons (Fsp3) is 0.250. The number of halogens is 1. The number of H-pyrrole nitrogens is 1. The van der Waals surface area contributed by atoms with Crippen LogP contribution in [0.1, 0.15) is 11.5 Å². The molecule has 4 nitrogen and oxygen atoms in total. The van der Waals surface area contributed by atoms with Crippen molar-refractivity contribution in [1.82, 2.24) is 9.97 Å². The van der Waals surface area contributed by atoms with Crippen LogP contribution in [-0.2, 0) is 13.0 Å². The van der Waals surface area contributed by atoms with Gasteiger partial charge in [-0.05, 0) is 18.7 Å². The highest BCUT2D eigenvalue weighted by molar-refractivity contribution is 5.23. The summed E-state index contributed by atoms with van der Waals surface area (Å²) in [6.45, 7) is 0.779. The molecule has 2 aromatic rings. The van der Waals surface area contributed by atoms with Crippen LogP contribution >= 0.6 is 0 Å². The number of hydrogen-bond donors (Lipinski definition) is 2. The average Bonchev–Trinajstić information content (AvgIpc) is 2.76. The Hall–Kier alpha value is -1.88. The zero-order valence-electron chi connectivity index (χ0n) is 9.32. The summed E-state index contributed by atoms with van der Waals surface area (Å²) < 4.78 is 18.6. The van der Waals surface area contributed by atoms with Crippen LogP contribution in [0.2, 0.25) is 0 Å². The molecule has 1 aromatic carbocycles. The van der Waals surface area contributed by atoms with Crippen molar-refractivity contribution in [3.8, 4) is 5.75 Å². The number of aromatic nitrogens is 2. The maximum atomic E-state index is 13.2. The second-order valence-corrected chi connectivity index (χ2v) is 3.61. The molecule has 0 radical (unpaired) electrons. The van der Waals surface area contributed by atoms with Crippen LogP contribution in [0.15, 0.2) is 30.5 Å². The van der Waals surface area contributed by atoms with Gasteiger partial charge in [0.05, 0.1) is 0 Å². The lowest BCUT2D eigenvalue weighted by Crippen LogP contribution is -2.03. The number of rotatable bonds is 5. The Labute approximate surface area is 98.6 Å². The van der Waals surface area contributed by atoms with E-state index in [0.717, 1.165) is 12.1 Å². The number of nitrogens with two attached hydrogens (primary N) is 1. The highest BCUT2D eigenvalue weighted by atomic mass is 19.1. The minimum absolute atomic E-state index is 0.214. The Balaban J connectivity index is 1.95. The van der Waals surface area contributed by atoms with Gasteiger partial charge in [0.15, 0.2) is 11.6 Å². The number of aromatic amines is 1. The van der Waals surface area contributed by atoms with E-state index in [1.165, 1.54) is 6.07 Å². The molecule has 0 fully saturated rings. The lowest BCUT2D eigenvalue weighted by molar-refractivity contribution is 0.282. The van der Waals surface area contributed by atoms with E-state index in [2.05, 4.69) is 9.97 Å². The van der Waals surface area contributed by atoms with Crippen molar-refractivity contribution in [3.05, 3.63) is 47.8 Å². The van der Waals surface area contributed by atoms with Gasteiger partial charge < -0.3 is 15.5 Å². The van der Waals surface area contributed by atoms with Crippen molar-refractivity contribution in [2.24, 2.45) is 5.73 Å². The van der Waals surface area contributed by atoms with E-state index in [-0.39, 0.29) is 18.2 Å². The molecule has 1 aromatic heterocycles. The molecule has 0 aliphatic heterocycles. The van der Waals surface area contributed by atoms with Gasteiger partial charge in [0.25, 0.3) is 0 Å². The molecule has 0 bridgehead atoms. The van der Waals surface area contributed by atoms with E-state index in [9.17, 15) is 4.39 Å². The van der Waals surface area contributed by atoms with Crippen LogP contribution in [0.3, 0.4) is 0 Å². The molecule has 0 saturated carbocycles. The number of nitrogens with one attached hydrogen (secondary N) is 1. The van der Waals surface area contributed by atoms with Gasteiger partial charge in [-0.3, -0.25) is 0 Å². The first-order valence-electron chi connectivity index (χ1n) is 5.39. The van der Waals surface area contributed by atoms with Crippen molar-refractivity contribution < 1.29 is 9.13 Å². The molecule has 2 rings (SSSR count). The normalized spacial score (nSPS) is 10.5. The van der Waals surface area contributed by atoms with Crippen LogP contribution in [0.25, 0.3) is 0 Å². The third-order valence-corrected chi connectivity index (χ3v) is 2.30. The topological polar surface area (TPSA) is 63.9 Å². The molecule has 17 heavy (non-hydrogen) atoms. The van der Waals surface area contributed by atoms with E-state index in [0.29, 0.717) is 12.4 Å². The first-order chi connectivity index (χ1) is 8.29. The monoisotopic (exact) mass is 235 g/mol. The van der Waals surface area contributed by atoms with Crippen molar-refractivity contribution in [3.63, 3.8) is 0 Å².